The van der Waals surface area contributed by atoms with E-state index in [-0.39, 0.29) is 0 Å². The maximum atomic E-state index is 11.4. The van der Waals surface area contributed by atoms with Crippen LogP contribution in [0.5, 0.6) is 0 Å². The summed E-state index contributed by atoms with van der Waals surface area (Å²) in [5.74, 6) is 2.09. The van der Waals surface area contributed by atoms with E-state index < -0.39 is 6.95 Å². The van der Waals surface area contributed by atoms with Crippen LogP contribution in [-0.4, -0.2) is 13.2 Å². The molecular formula is C9H12ClO3P. The zero-order valence-corrected chi connectivity index (χ0v) is 9.29. The van der Waals surface area contributed by atoms with Crippen LogP contribution < -0.4 is 0 Å². The lowest BCUT2D eigenvalue weighted by atomic mass is 9.84. The highest BCUT2D eigenvalue weighted by atomic mass is 35.7. The number of hydrogen-bond acceptors (Lipinski definition) is 3. The highest BCUT2D eigenvalue weighted by molar-refractivity contribution is 7.81. The number of halogens is 1. The van der Waals surface area contributed by atoms with Gasteiger partial charge in [0, 0.05) is 11.2 Å². The third kappa shape index (κ3) is 1.38. The molecule has 2 bridgehead atoms. The van der Waals surface area contributed by atoms with Crippen LogP contribution in [0.3, 0.4) is 0 Å². The van der Waals surface area contributed by atoms with Crippen molar-refractivity contribution in [1.29, 1.82) is 0 Å². The molecule has 2 aliphatic carbocycles. The van der Waals surface area contributed by atoms with Gasteiger partial charge in [-0.15, -0.1) is 0 Å². The maximum absolute atomic E-state index is 11.4. The molecule has 1 saturated carbocycles. The van der Waals surface area contributed by atoms with E-state index in [9.17, 15) is 4.57 Å². The van der Waals surface area contributed by atoms with E-state index in [0.717, 1.165) is 0 Å². The smallest absolute Gasteiger partial charge is 0.297 e. The molecule has 2 unspecified atom stereocenters. The van der Waals surface area contributed by atoms with Gasteiger partial charge in [0.15, 0.2) is 0 Å². The van der Waals surface area contributed by atoms with E-state index in [2.05, 4.69) is 12.2 Å². The molecule has 5 atom stereocenters. The van der Waals surface area contributed by atoms with E-state index in [4.69, 9.17) is 20.3 Å². The lowest BCUT2D eigenvalue weighted by Crippen LogP contribution is -2.24. The molecule has 1 saturated heterocycles. The van der Waals surface area contributed by atoms with Crippen LogP contribution in [0.4, 0.5) is 0 Å². The Labute approximate surface area is 87.7 Å². The number of fused-ring (bicyclic) bond motifs is 5. The number of allylic oxidation sites excluding steroid dienone is 2. The molecule has 1 heterocycles. The molecule has 0 radical (unpaired) electrons. The Balaban J connectivity index is 1.84. The molecule has 5 heteroatoms. The van der Waals surface area contributed by atoms with Gasteiger partial charge in [0.1, 0.15) is 0 Å². The van der Waals surface area contributed by atoms with Crippen molar-refractivity contribution >= 4 is 18.2 Å². The molecule has 14 heavy (non-hydrogen) atoms. The minimum Gasteiger partial charge on any atom is -0.297 e. The molecule has 78 valence electrons. The molecule has 3 aliphatic rings. The van der Waals surface area contributed by atoms with Crippen molar-refractivity contribution in [2.24, 2.45) is 23.7 Å². The fourth-order valence-corrected chi connectivity index (χ4v) is 4.02. The summed E-state index contributed by atoms with van der Waals surface area (Å²) < 4.78 is 21.7. The molecule has 2 fully saturated rings. The maximum Gasteiger partial charge on any atom is 0.424 e. The lowest BCUT2D eigenvalue weighted by molar-refractivity contribution is 0.197. The van der Waals surface area contributed by atoms with Gasteiger partial charge in [-0.25, -0.2) is 4.57 Å². The predicted molar refractivity (Wildman–Crippen MR) is 53.1 cm³/mol. The first-order valence-electron chi connectivity index (χ1n) is 4.93. The van der Waals surface area contributed by atoms with E-state index in [1.807, 2.05) is 0 Å². The van der Waals surface area contributed by atoms with Crippen LogP contribution in [0.1, 0.15) is 6.42 Å². The number of rotatable bonds is 0. The third-order valence-corrected chi connectivity index (χ3v) is 5.14. The Morgan fingerprint density at radius 1 is 1.14 bits per heavy atom. The van der Waals surface area contributed by atoms with Crippen LogP contribution in [0.15, 0.2) is 12.2 Å². The fraction of sp³-hybridized carbons (Fsp3) is 0.778. The van der Waals surface area contributed by atoms with Gasteiger partial charge < -0.3 is 0 Å². The predicted octanol–water partition coefficient (Wildman–Crippen LogP) is 2.82. The van der Waals surface area contributed by atoms with Crippen LogP contribution in [0.2, 0.25) is 0 Å². The van der Waals surface area contributed by atoms with Crippen molar-refractivity contribution in [2.75, 3.05) is 13.2 Å². The van der Waals surface area contributed by atoms with Crippen LogP contribution >= 0.6 is 18.2 Å². The molecule has 0 N–H and O–H groups in total. The molecule has 3 nitrogen and oxygen atoms in total. The molecule has 1 aliphatic heterocycles. The molecular weight excluding hydrogens is 223 g/mol. The van der Waals surface area contributed by atoms with E-state index in [1.165, 1.54) is 6.42 Å². The second-order valence-electron chi connectivity index (χ2n) is 4.30. The summed E-state index contributed by atoms with van der Waals surface area (Å²) >= 11 is 5.59. The van der Waals surface area contributed by atoms with Gasteiger partial charge in [0.25, 0.3) is 0 Å². The van der Waals surface area contributed by atoms with Crippen molar-refractivity contribution in [1.82, 2.24) is 0 Å². The minimum absolute atomic E-state index is 0.458. The van der Waals surface area contributed by atoms with E-state index in [1.54, 1.807) is 0 Å². The van der Waals surface area contributed by atoms with Crippen molar-refractivity contribution in [2.45, 2.75) is 6.42 Å². The molecule has 0 amide bonds. The zero-order valence-electron chi connectivity index (χ0n) is 7.64. The minimum atomic E-state index is -3.26. The summed E-state index contributed by atoms with van der Waals surface area (Å²) in [7, 11) is 0. The summed E-state index contributed by atoms with van der Waals surface area (Å²) in [5.41, 5.74) is 0. The van der Waals surface area contributed by atoms with Gasteiger partial charge in [-0.2, -0.15) is 0 Å². The topological polar surface area (TPSA) is 35.5 Å². The lowest BCUT2D eigenvalue weighted by Gasteiger charge is -2.23. The monoisotopic (exact) mass is 234 g/mol. The average Bonchev–Trinajstić information content (AvgIpc) is 2.67. The molecule has 3 rings (SSSR count). The summed E-state index contributed by atoms with van der Waals surface area (Å²) in [5, 5.41) is 0. The molecule has 0 aromatic heterocycles. The Hall–Kier alpha value is 0.180. The van der Waals surface area contributed by atoms with Crippen molar-refractivity contribution in [3.63, 3.8) is 0 Å². The quantitative estimate of drug-likeness (QED) is 0.478. The second kappa shape index (κ2) is 3.08. The normalized spacial score (nSPS) is 55.8. The summed E-state index contributed by atoms with van der Waals surface area (Å²) in [6.45, 7) is -2.30. The molecule has 0 spiro atoms. The first kappa shape index (κ1) is 9.41. The van der Waals surface area contributed by atoms with Crippen LogP contribution in [-0.2, 0) is 13.6 Å². The highest BCUT2D eigenvalue weighted by Gasteiger charge is 2.47. The molecule has 0 aromatic carbocycles. The fourth-order valence-electron chi connectivity index (χ4n) is 2.91. The summed E-state index contributed by atoms with van der Waals surface area (Å²) in [4.78, 5) is 0. The first-order chi connectivity index (χ1) is 6.66. The van der Waals surface area contributed by atoms with Gasteiger partial charge in [-0.3, -0.25) is 9.05 Å². The Morgan fingerprint density at radius 3 is 2.14 bits per heavy atom. The summed E-state index contributed by atoms with van der Waals surface area (Å²) in [6, 6.07) is 0. The van der Waals surface area contributed by atoms with Crippen LogP contribution in [0, 0.1) is 23.7 Å². The Kier molecular flexibility index (Phi) is 2.07. The first-order valence-corrected chi connectivity index (χ1v) is 7.37. The van der Waals surface area contributed by atoms with Crippen molar-refractivity contribution in [3.8, 4) is 0 Å². The summed E-state index contributed by atoms with van der Waals surface area (Å²) in [6.07, 6.45) is 5.70. The zero-order chi connectivity index (χ0) is 9.76. The SMILES string of the molecule is O=P1(Cl)OC[C@@H]2[C@H](CO1)C1C=C[C@H]2C1. The van der Waals surface area contributed by atoms with Gasteiger partial charge in [0.05, 0.1) is 13.2 Å². The third-order valence-electron chi connectivity index (χ3n) is 3.64. The van der Waals surface area contributed by atoms with Gasteiger partial charge in [0.2, 0.25) is 0 Å². The Morgan fingerprint density at radius 2 is 1.64 bits per heavy atom. The average molecular weight is 235 g/mol. The van der Waals surface area contributed by atoms with Gasteiger partial charge >= 0.3 is 6.95 Å². The number of hydrogen-bond donors (Lipinski definition) is 0. The van der Waals surface area contributed by atoms with Gasteiger partial charge in [-0.05, 0) is 30.1 Å². The van der Waals surface area contributed by atoms with Crippen molar-refractivity contribution in [3.05, 3.63) is 12.2 Å². The highest BCUT2D eigenvalue weighted by Crippen LogP contribution is 2.60. The standard InChI is InChI=1S/C9H12ClO3P/c10-14(11)12-4-8-6-1-2-7(3-6)9(8)5-13-14/h1-2,6-9H,3-5H2/t6-,7?,8-,9+,14?/m0/s1. The molecule has 0 aromatic rings. The van der Waals surface area contributed by atoms with Crippen LogP contribution in [0.25, 0.3) is 0 Å². The van der Waals surface area contributed by atoms with E-state index >= 15 is 0 Å². The second-order valence-corrected chi connectivity index (χ2v) is 6.92. The van der Waals surface area contributed by atoms with Crippen molar-refractivity contribution < 1.29 is 13.6 Å². The Bertz CT molecular complexity index is 304. The van der Waals surface area contributed by atoms with E-state index in [0.29, 0.717) is 36.9 Å². The van der Waals surface area contributed by atoms with Gasteiger partial charge in [-0.1, -0.05) is 12.2 Å². The largest absolute Gasteiger partial charge is 0.424 e.